The first-order chi connectivity index (χ1) is 13.6. The van der Waals surface area contributed by atoms with Gasteiger partial charge in [0.05, 0.1) is 0 Å². The third-order valence-corrected chi connectivity index (χ3v) is 8.75. The summed E-state index contributed by atoms with van der Waals surface area (Å²) in [5, 5.41) is 0. The fourth-order valence-corrected chi connectivity index (χ4v) is 7.36. The highest BCUT2D eigenvalue weighted by Gasteiger charge is 2.50. The molecule has 0 unspecified atom stereocenters. The molecule has 1 aromatic carbocycles. The van der Waals surface area contributed by atoms with Crippen LogP contribution in [0.3, 0.4) is 0 Å². The normalized spacial score (nSPS) is 35.8. The van der Waals surface area contributed by atoms with Gasteiger partial charge in [-0.3, -0.25) is 0 Å². The molecule has 4 saturated carbocycles. The minimum absolute atomic E-state index is 0.0352. The number of hydrogen-bond donors (Lipinski definition) is 0. The molecule has 1 amide bonds. The van der Waals surface area contributed by atoms with Crippen molar-refractivity contribution in [3.63, 3.8) is 0 Å². The average molecular weight is 382 g/mol. The molecule has 6 rings (SSSR count). The predicted octanol–water partition coefficient (Wildman–Crippen LogP) is 5.70. The van der Waals surface area contributed by atoms with Crippen LogP contribution in [-0.2, 0) is 10.2 Å². The summed E-state index contributed by atoms with van der Waals surface area (Å²) in [5.74, 6) is 3.14. The van der Waals surface area contributed by atoms with Gasteiger partial charge in [0.1, 0.15) is 6.10 Å². The fourth-order valence-electron chi connectivity index (χ4n) is 7.36. The van der Waals surface area contributed by atoms with Gasteiger partial charge in [-0.25, -0.2) is 4.79 Å². The number of likely N-dealkylation sites (tertiary alicyclic amines) is 1. The lowest BCUT2D eigenvalue weighted by molar-refractivity contribution is -0.103. The number of carbonyl (C=O) groups excluding carboxylic acids is 1. The second-order valence-electron chi connectivity index (χ2n) is 10.2. The van der Waals surface area contributed by atoms with Gasteiger partial charge in [0.2, 0.25) is 0 Å². The Morgan fingerprint density at radius 3 is 2.21 bits per heavy atom. The van der Waals surface area contributed by atoms with Crippen LogP contribution in [0.15, 0.2) is 24.3 Å². The molecule has 3 heteroatoms. The van der Waals surface area contributed by atoms with E-state index in [9.17, 15) is 4.79 Å². The molecule has 1 aliphatic heterocycles. The molecule has 28 heavy (non-hydrogen) atoms. The lowest BCUT2D eigenvalue weighted by atomic mass is 9.55. The van der Waals surface area contributed by atoms with E-state index in [0.29, 0.717) is 11.8 Å². The molecule has 0 atom stereocenters. The van der Waals surface area contributed by atoms with Crippen LogP contribution in [0, 0.1) is 30.6 Å². The number of aryl methyl sites for hydroxylation is 1. The number of carbonyl (C=O) groups is 1. The van der Waals surface area contributed by atoms with Gasteiger partial charge in [0, 0.05) is 13.1 Å². The zero-order valence-electron chi connectivity index (χ0n) is 17.5. The largest absolute Gasteiger partial charge is 0.446 e. The third-order valence-electron chi connectivity index (χ3n) is 8.75. The zero-order valence-corrected chi connectivity index (χ0v) is 17.5. The van der Waals surface area contributed by atoms with E-state index >= 15 is 0 Å². The molecule has 5 aliphatic rings. The van der Waals surface area contributed by atoms with Gasteiger partial charge in [0.25, 0.3) is 0 Å². The summed E-state index contributed by atoms with van der Waals surface area (Å²) < 4.78 is 6.18. The Labute approximate surface area is 169 Å². The summed E-state index contributed by atoms with van der Waals surface area (Å²) in [6, 6.07) is 8.80. The monoisotopic (exact) mass is 381 g/mol. The van der Waals surface area contributed by atoms with Crippen molar-refractivity contribution in [3.8, 4) is 0 Å². The number of amides is 1. The SMILES string of the molecule is CCC1(c2ccccc2C)CCN(C(=O)OC2C3CC4CC(C3)CC2C4)CC1. The highest BCUT2D eigenvalue weighted by Crippen LogP contribution is 2.54. The van der Waals surface area contributed by atoms with Crippen LogP contribution in [0.1, 0.15) is 69.4 Å². The molecule has 1 heterocycles. The number of ether oxygens (including phenoxy) is 1. The highest BCUT2D eigenvalue weighted by molar-refractivity contribution is 5.68. The predicted molar refractivity (Wildman–Crippen MR) is 111 cm³/mol. The number of rotatable bonds is 3. The van der Waals surface area contributed by atoms with Crippen molar-refractivity contribution in [2.45, 2.75) is 76.7 Å². The summed E-state index contributed by atoms with van der Waals surface area (Å²) >= 11 is 0. The highest BCUT2D eigenvalue weighted by atomic mass is 16.6. The molecule has 4 bridgehead atoms. The summed E-state index contributed by atoms with van der Waals surface area (Å²) in [6.45, 7) is 6.18. The summed E-state index contributed by atoms with van der Waals surface area (Å²) in [5.41, 5.74) is 3.07. The Balaban J connectivity index is 1.23. The van der Waals surface area contributed by atoms with Crippen LogP contribution >= 0.6 is 0 Å². The molecule has 0 radical (unpaired) electrons. The molecule has 3 nitrogen and oxygen atoms in total. The van der Waals surface area contributed by atoms with Crippen molar-refractivity contribution >= 4 is 6.09 Å². The summed E-state index contributed by atoms with van der Waals surface area (Å²) in [4.78, 5) is 15.0. The molecule has 0 aromatic heterocycles. The molecule has 152 valence electrons. The lowest BCUT2D eigenvalue weighted by Crippen LogP contribution is -2.52. The van der Waals surface area contributed by atoms with E-state index in [0.717, 1.165) is 44.2 Å². The van der Waals surface area contributed by atoms with Crippen LogP contribution in [0.25, 0.3) is 0 Å². The smallest absolute Gasteiger partial charge is 0.410 e. The maximum Gasteiger partial charge on any atom is 0.410 e. The van der Waals surface area contributed by atoms with Crippen LogP contribution < -0.4 is 0 Å². The first-order valence-corrected chi connectivity index (χ1v) is 11.6. The van der Waals surface area contributed by atoms with E-state index in [-0.39, 0.29) is 17.6 Å². The van der Waals surface area contributed by atoms with Gasteiger partial charge in [0.15, 0.2) is 0 Å². The van der Waals surface area contributed by atoms with E-state index in [1.807, 2.05) is 4.90 Å². The lowest BCUT2D eigenvalue weighted by Gasteiger charge is -2.53. The molecule has 5 fully saturated rings. The molecule has 1 saturated heterocycles. The summed E-state index contributed by atoms with van der Waals surface area (Å²) in [6.07, 6.45) is 10.1. The molecular weight excluding hydrogens is 346 g/mol. The van der Waals surface area contributed by atoms with E-state index in [1.165, 1.54) is 43.2 Å². The van der Waals surface area contributed by atoms with Crippen LogP contribution in [0.4, 0.5) is 4.79 Å². The van der Waals surface area contributed by atoms with Crippen LogP contribution in [0.5, 0.6) is 0 Å². The van der Waals surface area contributed by atoms with Gasteiger partial charge < -0.3 is 9.64 Å². The minimum Gasteiger partial charge on any atom is -0.446 e. The Kier molecular flexibility index (Phi) is 4.68. The first kappa shape index (κ1) is 18.5. The number of piperidine rings is 1. The maximum atomic E-state index is 13.0. The van der Waals surface area contributed by atoms with E-state index in [1.54, 1.807) is 0 Å². The second kappa shape index (κ2) is 7.07. The van der Waals surface area contributed by atoms with Crippen molar-refractivity contribution in [1.29, 1.82) is 0 Å². The van der Waals surface area contributed by atoms with Gasteiger partial charge in [-0.15, -0.1) is 0 Å². The van der Waals surface area contributed by atoms with Crippen molar-refractivity contribution in [3.05, 3.63) is 35.4 Å². The molecular formula is C25H35NO2. The number of benzene rings is 1. The van der Waals surface area contributed by atoms with Crippen molar-refractivity contribution < 1.29 is 9.53 Å². The topological polar surface area (TPSA) is 29.5 Å². The van der Waals surface area contributed by atoms with Gasteiger partial charge >= 0.3 is 6.09 Å². The Morgan fingerprint density at radius 2 is 1.64 bits per heavy atom. The maximum absolute atomic E-state index is 13.0. The quantitative estimate of drug-likeness (QED) is 0.672. The van der Waals surface area contributed by atoms with E-state index < -0.39 is 0 Å². The standard InChI is InChI=1S/C25H35NO2/c1-3-25(22-7-5-4-6-17(22)2)8-10-26(11-9-25)24(27)28-23-20-13-18-12-19(15-20)16-21(23)14-18/h4-7,18-21,23H,3,8-16H2,1-2H3. The van der Waals surface area contributed by atoms with Crippen molar-refractivity contribution in [1.82, 2.24) is 4.90 Å². The van der Waals surface area contributed by atoms with Crippen molar-refractivity contribution in [2.75, 3.05) is 13.1 Å². The Bertz CT molecular complexity index is 706. The van der Waals surface area contributed by atoms with Gasteiger partial charge in [-0.1, -0.05) is 31.2 Å². The average Bonchev–Trinajstić information content (AvgIpc) is 2.70. The van der Waals surface area contributed by atoms with Gasteiger partial charge in [-0.2, -0.15) is 0 Å². The number of nitrogens with zero attached hydrogens (tertiary/aromatic N) is 1. The molecule has 0 spiro atoms. The number of hydrogen-bond acceptors (Lipinski definition) is 2. The van der Waals surface area contributed by atoms with E-state index in [4.69, 9.17) is 4.74 Å². The molecule has 1 aromatic rings. The zero-order chi connectivity index (χ0) is 19.3. The molecule has 4 aliphatic carbocycles. The Morgan fingerprint density at radius 1 is 1.04 bits per heavy atom. The first-order valence-electron chi connectivity index (χ1n) is 11.6. The van der Waals surface area contributed by atoms with Crippen LogP contribution in [0.2, 0.25) is 0 Å². The molecule has 0 N–H and O–H groups in total. The van der Waals surface area contributed by atoms with Crippen LogP contribution in [-0.4, -0.2) is 30.2 Å². The summed E-state index contributed by atoms with van der Waals surface area (Å²) in [7, 11) is 0. The second-order valence-corrected chi connectivity index (χ2v) is 10.2. The third kappa shape index (κ3) is 3.06. The Hall–Kier alpha value is -1.51. The van der Waals surface area contributed by atoms with E-state index in [2.05, 4.69) is 38.1 Å². The van der Waals surface area contributed by atoms with Gasteiger partial charge in [-0.05, 0) is 98.5 Å². The van der Waals surface area contributed by atoms with Crippen molar-refractivity contribution in [2.24, 2.45) is 23.7 Å². The minimum atomic E-state index is -0.0352. The fraction of sp³-hybridized carbons (Fsp3) is 0.720.